The molecule has 1 atom stereocenters. The Morgan fingerprint density at radius 1 is 1.38 bits per heavy atom. The first-order chi connectivity index (χ1) is 11.5. The molecule has 0 bridgehead atoms. The molecule has 0 saturated carbocycles. The molecule has 1 amide bonds. The highest BCUT2D eigenvalue weighted by Crippen LogP contribution is 2.26. The fourth-order valence-corrected chi connectivity index (χ4v) is 2.87. The monoisotopic (exact) mass is 330 g/mol. The molecule has 7 nitrogen and oxygen atoms in total. The zero-order chi connectivity index (χ0) is 17.3. The van der Waals surface area contributed by atoms with Crippen LogP contribution in [0.2, 0.25) is 0 Å². The van der Waals surface area contributed by atoms with Crippen molar-refractivity contribution in [2.24, 2.45) is 0 Å². The molecule has 24 heavy (non-hydrogen) atoms. The van der Waals surface area contributed by atoms with Crippen molar-refractivity contribution in [1.82, 2.24) is 20.0 Å². The summed E-state index contributed by atoms with van der Waals surface area (Å²) in [6, 6.07) is 1.83. The van der Waals surface area contributed by atoms with Gasteiger partial charge in [0.05, 0.1) is 24.5 Å². The summed E-state index contributed by atoms with van der Waals surface area (Å²) in [5.74, 6) is 1.32. The Hall–Kier alpha value is -2.28. The number of hydrogen-bond acceptors (Lipinski definition) is 6. The summed E-state index contributed by atoms with van der Waals surface area (Å²) in [6.07, 6.45) is 1.47. The van der Waals surface area contributed by atoms with Crippen molar-refractivity contribution in [3.8, 4) is 0 Å². The van der Waals surface area contributed by atoms with Crippen LogP contribution in [-0.4, -0.2) is 45.6 Å². The third-order valence-electron chi connectivity index (χ3n) is 4.13. The minimum atomic E-state index is -0.243. The summed E-state index contributed by atoms with van der Waals surface area (Å²) in [4.78, 5) is 23.3. The first kappa shape index (κ1) is 16.6. The quantitative estimate of drug-likeness (QED) is 0.859. The van der Waals surface area contributed by atoms with E-state index in [0.29, 0.717) is 42.5 Å². The van der Waals surface area contributed by atoms with Gasteiger partial charge in [0, 0.05) is 12.7 Å². The van der Waals surface area contributed by atoms with Crippen molar-refractivity contribution < 1.29 is 14.1 Å². The lowest BCUT2D eigenvalue weighted by Gasteiger charge is -2.32. The maximum absolute atomic E-state index is 13.0. The van der Waals surface area contributed by atoms with Crippen molar-refractivity contribution in [2.45, 2.75) is 39.7 Å². The number of aromatic nitrogens is 3. The Bertz CT molecular complexity index is 741. The fraction of sp³-hybridized carbons (Fsp3) is 0.529. The second-order valence-corrected chi connectivity index (χ2v) is 6.29. The second kappa shape index (κ2) is 6.68. The van der Waals surface area contributed by atoms with Crippen LogP contribution in [0, 0.1) is 13.8 Å². The molecule has 0 N–H and O–H groups in total. The highest BCUT2D eigenvalue weighted by atomic mass is 16.5. The molecule has 7 heteroatoms. The van der Waals surface area contributed by atoms with Crippen LogP contribution in [0.4, 0.5) is 0 Å². The van der Waals surface area contributed by atoms with Crippen LogP contribution in [0.25, 0.3) is 0 Å². The van der Waals surface area contributed by atoms with E-state index in [1.54, 1.807) is 18.0 Å². The van der Waals surface area contributed by atoms with Crippen LogP contribution in [0.1, 0.15) is 59.2 Å². The van der Waals surface area contributed by atoms with Gasteiger partial charge >= 0.3 is 0 Å². The van der Waals surface area contributed by atoms with Gasteiger partial charge in [-0.15, -0.1) is 0 Å². The normalized spacial score (nSPS) is 18.2. The lowest BCUT2D eigenvalue weighted by atomic mass is 10.0. The van der Waals surface area contributed by atoms with Gasteiger partial charge in [0.25, 0.3) is 5.91 Å². The predicted molar refractivity (Wildman–Crippen MR) is 86.7 cm³/mol. The first-order valence-corrected chi connectivity index (χ1v) is 8.14. The molecule has 0 spiro atoms. The molecule has 0 unspecified atom stereocenters. The summed E-state index contributed by atoms with van der Waals surface area (Å²) in [7, 11) is 0. The molecule has 2 aromatic rings. The molecule has 0 aliphatic carbocycles. The van der Waals surface area contributed by atoms with Gasteiger partial charge in [-0.25, -0.2) is 9.97 Å². The van der Waals surface area contributed by atoms with E-state index in [2.05, 4.69) is 15.1 Å². The number of amides is 1. The standard InChI is InChI=1S/C17H22N4O3/c1-10(2)16-15(11(3)24-20-16)17(22)21-7-8-23-14(9-21)13-5-6-18-12(4)19-13/h5-6,10,14H,7-9H2,1-4H3/t14-/m0/s1. The SMILES string of the molecule is Cc1nccc([C@@H]2CN(C(=O)c3c(C(C)C)noc3C)CCO2)n1. The van der Waals surface area contributed by atoms with E-state index in [0.717, 1.165) is 5.69 Å². The number of nitrogens with zero attached hydrogens (tertiary/aromatic N) is 4. The third kappa shape index (κ3) is 3.17. The predicted octanol–water partition coefficient (Wildman–Crippen LogP) is 2.42. The highest BCUT2D eigenvalue weighted by molar-refractivity contribution is 5.96. The largest absolute Gasteiger partial charge is 0.368 e. The van der Waals surface area contributed by atoms with Gasteiger partial charge in [-0.1, -0.05) is 19.0 Å². The zero-order valence-corrected chi connectivity index (χ0v) is 14.4. The molecule has 0 radical (unpaired) electrons. The summed E-state index contributed by atoms with van der Waals surface area (Å²) >= 11 is 0. The van der Waals surface area contributed by atoms with E-state index in [1.165, 1.54) is 0 Å². The third-order valence-corrected chi connectivity index (χ3v) is 4.13. The minimum absolute atomic E-state index is 0.0588. The van der Waals surface area contributed by atoms with Crippen molar-refractivity contribution in [2.75, 3.05) is 19.7 Å². The average molecular weight is 330 g/mol. The van der Waals surface area contributed by atoms with Crippen molar-refractivity contribution >= 4 is 5.91 Å². The smallest absolute Gasteiger partial charge is 0.259 e. The van der Waals surface area contributed by atoms with Crippen molar-refractivity contribution in [3.05, 3.63) is 40.8 Å². The second-order valence-electron chi connectivity index (χ2n) is 6.29. The van der Waals surface area contributed by atoms with E-state index in [4.69, 9.17) is 9.26 Å². The summed E-state index contributed by atoms with van der Waals surface area (Å²) in [6.45, 7) is 9.09. The number of hydrogen-bond donors (Lipinski definition) is 0. The minimum Gasteiger partial charge on any atom is -0.368 e. The molecule has 1 saturated heterocycles. The topological polar surface area (TPSA) is 81.4 Å². The van der Waals surface area contributed by atoms with E-state index in [9.17, 15) is 4.79 Å². The van der Waals surface area contributed by atoms with Gasteiger partial charge in [-0.3, -0.25) is 4.79 Å². The summed E-state index contributed by atoms with van der Waals surface area (Å²) in [5, 5.41) is 4.05. The number of morpholine rings is 1. The molecule has 1 fully saturated rings. The Balaban J connectivity index is 1.82. The molecular weight excluding hydrogens is 308 g/mol. The maximum Gasteiger partial charge on any atom is 0.259 e. The number of rotatable bonds is 3. The maximum atomic E-state index is 13.0. The van der Waals surface area contributed by atoms with Crippen LogP contribution in [-0.2, 0) is 4.74 Å². The van der Waals surface area contributed by atoms with E-state index < -0.39 is 0 Å². The Morgan fingerprint density at radius 2 is 2.17 bits per heavy atom. The molecule has 1 aliphatic rings. The first-order valence-electron chi connectivity index (χ1n) is 8.14. The van der Waals surface area contributed by atoms with Crippen molar-refractivity contribution in [1.29, 1.82) is 0 Å². The highest BCUT2D eigenvalue weighted by Gasteiger charge is 2.31. The fourth-order valence-electron chi connectivity index (χ4n) is 2.87. The molecule has 2 aromatic heterocycles. The van der Waals surface area contributed by atoms with Crippen LogP contribution in [0.15, 0.2) is 16.8 Å². The molecule has 0 aromatic carbocycles. The van der Waals surface area contributed by atoms with Crippen LogP contribution >= 0.6 is 0 Å². The summed E-state index contributed by atoms with van der Waals surface area (Å²) in [5.41, 5.74) is 2.08. The van der Waals surface area contributed by atoms with Gasteiger partial charge in [0.2, 0.25) is 0 Å². The Labute approximate surface area is 141 Å². The molecule has 128 valence electrons. The van der Waals surface area contributed by atoms with Crippen LogP contribution < -0.4 is 0 Å². The van der Waals surface area contributed by atoms with Gasteiger partial charge < -0.3 is 14.2 Å². The number of aryl methyl sites for hydroxylation is 2. The molecule has 3 rings (SSSR count). The van der Waals surface area contributed by atoms with Crippen LogP contribution in [0.5, 0.6) is 0 Å². The zero-order valence-electron chi connectivity index (χ0n) is 14.4. The van der Waals surface area contributed by atoms with Gasteiger partial charge in [0.1, 0.15) is 23.3 Å². The average Bonchev–Trinajstić information content (AvgIpc) is 2.96. The molecular formula is C17H22N4O3. The van der Waals surface area contributed by atoms with Crippen LogP contribution in [0.3, 0.4) is 0 Å². The lowest BCUT2D eigenvalue weighted by molar-refractivity contribution is -0.0249. The van der Waals surface area contributed by atoms with Crippen molar-refractivity contribution in [3.63, 3.8) is 0 Å². The van der Waals surface area contributed by atoms with Gasteiger partial charge in [0.15, 0.2) is 0 Å². The summed E-state index contributed by atoms with van der Waals surface area (Å²) < 4.78 is 11.0. The number of carbonyl (C=O) groups excluding carboxylic acids is 1. The van der Waals surface area contributed by atoms with E-state index in [1.807, 2.05) is 26.8 Å². The lowest BCUT2D eigenvalue weighted by Crippen LogP contribution is -2.43. The molecule has 1 aliphatic heterocycles. The Kier molecular flexibility index (Phi) is 4.62. The van der Waals surface area contributed by atoms with Gasteiger partial charge in [-0.05, 0) is 25.8 Å². The Morgan fingerprint density at radius 3 is 2.88 bits per heavy atom. The number of ether oxygens (including phenoxy) is 1. The number of carbonyl (C=O) groups is 1. The molecule has 3 heterocycles. The van der Waals surface area contributed by atoms with E-state index in [-0.39, 0.29) is 17.9 Å². The van der Waals surface area contributed by atoms with E-state index >= 15 is 0 Å². The van der Waals surface area contributed by atoms with Gasteiger partial charge in [-0.2, -0.15) is 0 Å².